The van der Waals surface area contributed by atoms with E-state index in [0.717, 1.165) is 5.39 Å². The monoisotopic (exact) mass is 329 g/mol. The van der Waals surface area contributed by atoms with Crippen LogP contribution in [-0.2, 0) is 0 Å². The Morgan fingerprint density at radius 3 is 2.91 bits per heavy atom. The zero-order valence-corrected chi connectivity index (χ0v) is 12.8. The average molecular weight is 330 g/mol. The van der Waals surface area contributed by atoms with Crippen molar-refractivity contribution >= 4 is 34.1 Å². The van der Waals surface area contributed by atoms with Gasteiger partial charge < -0.3 is 14.8 Å². The van der Waals surface area contributed by atoms with Gasteiger partial charge >= 0.3 is 0 Å². The molecule has 1 unspecified atom stereocenters. The van der Waals surface area contributed by atoms with Crippen LogP contribution in [0, 0.1) is 0 Å². The van der Waals surface area contributed by atoms with Gasteiger partial charge in [0.2, 0.25) is 11.8 Å². The second kappa shape index (κ2) is 5.22. The van der Waals surface area contributed by atoms with E-state index in [-0.39, 0.29) is 0 Å². The zero-order valence-electron chi connectivity index (χ0n) is 12.1. The van der Waals surface area contributed by atoms with Crippen LogP contribution in [0.3, 0.4) is 0 Å². The molecule has 0 bridgehead atoms. The van der Waals surface area contributed by atoms with E-state index >= 15 is 0 Å². The van der Waals surface area contributed by atoms with Crippen LogP contribution < -0.4 is 5.32 Å². The van der Waals surface area contributed by atoms with E-state index in [1.807, 2.05) is 0 Å². The van der Waals surface area contributed by atoms with Gasteiger partial charge in [0.05, 0.1) is 11.8 Å². The van der Waals surface area contributed by atoms with Crippen LogP contribution in [0.25, 0.3) is 28.1 Å². The Kier molecular flexibility index (Phi) is 3.17. The van der Waals surface area contributed by atoms with E-state index in [1.54, 1.807) is 43.5 Å². The molecule has 4 aromatic rings. The van der Waals surface area contributed by atoms with Gasteiger partial charge in [0.15, 0.2) is 11.4 Å². The van der Waals surface area contributed by atoms with E-state index in [4.69, 9.17) is 16.0 Å². The Bertz CT molecular complexity index is 994. The summed E-state index contributed by atoms with van der Waals surface area (Å²) in [5.41, 5.74) is 1.27. The van der Waals surface area contributed by atoms with Gasteiger partial charge in [-0.05, 0) is 37.3 Å². The van der Waals surface area contributed by atoms with Gasteiger partial charge in [-0.2, -0.15) is 4.52 Å². The number of rotatable bonds is 3. The summed E-state index contributed by atoms with van der Waals surface area (Å²) in [5.74, 6) is 1.36. The molecule has 0 radical (unpaired) electrons. The van der Waals surface area contributed by atoms with Crippen LogP contribution >= 0.6 is 11.6 Å². The predicted octanol–water partition coefficient (Wildman–Crippen LogP) is 2.94. The summed E-state index contributed by atoms with van der Waals surface area (Å²) in [6.45, 7) is 1.60. The summed E-state index contributed by atoms with van der Waals surface area (Å²) in [6.07, 6.45) is 0.773. The fourth-order valence-corrected chi connectivity index (χ4v) is 2.54. The second-order valence-corrected chi connectivity index (χ2v) is 5.50. The predicted molar refractivity (Wildman–Crippen MR) is 86.3 cm³/mol. The quantitative estimate of drug-likeness (QED) is 0.562. The van der Waals surface area contributed by atoms with Crippen molar-refractivity contribution in [3.05, 3.63) is 41.6 Å². The van der Waals surface area contributed by atoms with Crippen LogP contribution in [0.5, 0.6) is 0 Å². The third kappa shape index (κ3) is 2.39. The van der Waals surface area contributed by atoms with Crippen molar-refractivity contribution in [3.8, 4) is 11.6 Å². The molecule has 4 rings (SSSR count). The topological polar surface area (TPSA) is 88.5 Å². The largest absolute Gasteiger partial charge is 0.461 e. The molecule has 8 heteroatoms. The summed E-state index contributed by atoms with van der Waals surface area (Å²) >= 11 is 6.09. The number of benzene rings is 1. The minimum absolute atomic E-state index is 0.384. The maximum atomic E-state index is 9.62. The van der Waals surface area contributed by atoms with Crippen molar-refractivity contribution in [3.63, 3.8) is 0 Å². The number of aliphatic hydroxyl groups is 1. The molecular weight excluding hydrogens is 318 g/mol. The van der Waals surface area contributed by atoms with E-state index in [1.165, 1.54) is 4.52 Å². The van der Waals surface area contributed by atoms with Crippen LogP contribution in [0.2, 0.25) is 5.02 Å². The summed E-state index contributed by atoms with van der Waals surface area (Å²) in [4.78, 5) is 9.01. The fraction of sp³-hybridized carbons (Fsp3) is 0.133. The van der Waals surface area contributed by atoms with Gasteiger partial charge in [0, 0.05) is 10.4 Å². The van der Waals surface area contributed by atoms with Crippen molar-refractivity contribution < 1.29 is 9.52 Å². The molecule has 0 amide bonds. The van der Waals surface area contributed by atoms with Gasteiger partial charge in [-0.1, -0.05) is 11.6 Å². The third-order valence-electron chi connectivity index (χ3n) is 3.31. The van der Waals surface area contributed by atoms with E-state index in [0.29, 0.717) is 33.7 Å². The first-order valence-electron chi connectivity index (χ1n) is 6.96. The second-order valence-electron chi connectivity index (χ2n) is 5.07. The molecule has 0 saturated carbocycles. The molecule has 0 fully saturated rings. The molecule has 3 aromatic heterocycles. The number of anilines is 1. The number of halogens is 1. The van der Waals surface area contributed by atoms with Crippen molar-refractivity contribution in [2.45, 2.75) is 13.2 Å². The lowest BCUT2D eigenvalue weighted by Crippen LogP contribution is -2.17. The molecule has 7 nitrogen and oxygen atoms in total. The maximum absolute atomic E-state index is 9.62. The molecule has 0 spiro atoms. The van der Waals surface area contributed by atoms with Gasteiger partial charge in [0.25, 0.3) is 0 Å². The van der Waals surface area contributed by atoms with Gasteiger partial charge in [-0.15, -0.1) is 5.10 Å². The zero-order chi connectivity index (χ0) is 16.0. The normalized spacial score (nSPS) is 12.8. The van der Waals surface area contributed by atoms with E-state index in [2.05, 4.69) is 20.4 Å². The molecule has 1 atom stereocenters. The first-order valence-corrected chi connectivity index (χ1v) is 7.34. The molecule has 116 valence electrons. The highest BCUT2D eigenvalue weighted by Crippen LogP contribution is 2.26. The van der Waals surface area contributed by atoms with Gasteiger partial charge in [0.1, 0.15) is 6.23 Å². The molecule has 0 saturated heterocycles. The standard InChI is InChI=1S/C15H12ClN5O2/c1-8(22)17-15-18-11-5-4-9(16)7-10(11)14-19-13(20-21(14)15)12-3-2-6-23-12/h2-8,22H,1H3,(H,17,18). The summed E-state index contributed by atoms with van der Waals surface area (Å²) in [5, 5.41) is 18.2. The number of aliphatic hydroxyl groups excluding tert-OH is 1. The number of aromatic nitrogens is 4. The van der Waals surface area contributed by atoms with E-state index in [9.17, 15) is 5.11 Å². The number of fused-ring (bicyclic) bond motifs is 3. The Balaban J connectivity index is 2.05. The summed E-state index contributed by atoms with van der Waals surface area (Å²) in [7, 11) is 0. The van der Waals surface area contributed by atoms with Crippen molar-refractivity contribution in [2.75, 3.05) is 5.32 Å². The van der Waals surface area contributed by atoms with Crippen LogP contribution in [0.15, 0.2) is 41.0 Å². The van der Waals surface area contributed by atoms with Gasteiger partial charge in [-0.3, -0.25) is 0 Å². The first kappa shape index (κ1) is 14.0. The van der Waals surface area contributed by atoms with Gasteiger partial charge in [-0.25, -0.2) is 9.97 Å². The number of hydrogen-bond donors (Lipinski definition) is 2. The smallest absolute Gasteiger partial charge is 0.228 e. The lowest BCUT2D eigenvalue weighted by molar-refractivity contribution is 0.223. The highest BCUT2D eigenvalue weighted by molar-refractivity contribution is 6.31. The number of nitrogens with one attached hydrogen (secondary N) is 1. The molecule has 0 aliphatic heterocycles. The van der Waals surface area contributed by atoms with Crippen molar-refractivity contribution in [2.24, 2.45) is 0 Å². The molecule has 23 heavy (non-hydrogen) atoms. The van der Waals surface area contributed by atoms with Crippen molar-refractivity contribution in [1.29, 1.82) is 0 Å². The minimum Gasteiger partial charge on any atom is -0.461 e. The average Bonchev–Trinajstić information content (AvgIpc) is 3.16. The molecule has 2 N–H and O–H groups in total. The van der Waals surface area contributed by atoms with Crippen LogP contribution in [0.4, 0.5) is 5.95 Å². The minimum atomic E-state index is -0.785. The highest BCUT2D eigenvalue weighted by Gasteiger charge is 2.16. The SMILES string of the molecule is CC(O)Nc1nc2ccc(Cl)cc2c2nc(-c3ccco3)nn12. The van der Waals surface area contributed by atoms with Crippen LogP contribution in [-0.4, -0.2) is 30.9 Å². The maximum Gasteiger partial charge on any atom is 0.228 e. The summed E-state index contributed by atoms with van der Waals surface area (Å²) < 4.78 is 6.88. The summed E-state index contributed by atoms with van der Waals surface area (Å²) in [6, 6.07) is 8.88. The Morgan fingerprint density at radius 2 is 2.17 bits per heavy atom. The first-order chi connectivity index (χ1) is 11.1. The molecule has 1 aromatic carbocycles. The lowest BCUT2D eigenvalue weighted by Gasteiger charge is -2.10. The molecule has 0 aliphatic carbocycles. The number of furan rings is 1. The lowest BCUT2D eigenvalue weighted by atomic mass is 10.2. The fourth-order valence-electron chi connectivity index (χ4n) is 2.37. The van der Waals surface area contributed by atoms with Crippen molar-refractivity contribution in [1.82, 2.24) is 19.6 Å². The molecule has 0 aliphatic rings. The highest BCUT2D eigenvalue weighted by atomic mass is 35.5. The Labute approximate surface area is 135 Å². The Hall–Kier alpha value is -2.64. The molecule has 3 heterocycles. The number of hydrogen-bond acceptors (Lipinski definition) is 6. The third-order valence-corrected chi connectivity index (χ3v) is 3.55. The molecular formula is C15H12ClN5O2. The van der Waals surface area contributed by atoms with Crippen LogP contribution in [0.1, 0.15) is 6.92 Å². The van der Waals surface area contributed by atoms with E-state index < -0.39 is 6.23 Å². The Morgan fingerprint density at radius 1 is 1.30 bits per heavy atom. The number of nitrogens with zero attached hydrogens (tertiary/aromatic N) is 4.